The lowest BCUT2D eigenvalue weighted by Gasteiger charge is -1.96. The summed E-state index contributed by atoms with van der Waals surface area (Å²) < 4.78 is 18.4. The molecule has 1 heterocycles. The standard InChI is InChI=1S/C16H11ClFN3O2/c17-13-7-3-2-6-12(13)16-20-15(23-21-16)10-22-19-9-11-5-1-4-8-14(11)18/h1-9H,10H2/b19-9-. The van der Waals surface area contributed by atoms with E-state index in [-0.39, 0.29) is 18.3 Å². The topological polar surface area (TPSA) is 60.5 Å². The van der Waals surface area contributed by atoms with Crippen molar-refractivity contribution < 1.29 is 13.8 Å². The van der Waals surface area contributed by atoms with Crippen LogP contribution in [0.3, 0.4) is 0 Å². The zero-order chi connectivity index (χ0) is 16.1. The molecule has 0 aliphatic carbocycles. The molecule has 0 fully saturated rings. The van der Waals surface area contributed by atoms with Crippen LogP contribution >= 0.6 is 11.6 Å². The summed E-state index contributed by atoms with van der Waals surface area (Å²) in [6, 6.07) is 13.4. The van der Waals surface area contributed by atoms with Crippen LogP contribution in [-0.4, -0.2) is 16.4 Å². The van der Waals surface area contributed by atoms with Gasteiger partial charge in [-0.05, 0) is 18.2 Å². The van der Waals surface area contributed by atoms with Crippen LogP contribution in [0.4, 0.5) is 4.39 Å². The normalized spacial score (nSPS) is 11.0. The van der Waals surface area contributed by atoms with Crippen LogP contribution in [0.2, 0.25) is 5.02 Å². The van der Waals surface area contributed by atoms with E-state index in [0.29, 0.717) is 22.0 Å². The minimum atomic E-state index is -0.376. The number of benzene rings is 2. The van der Waals surface area contributed by atoms with Crippen molar-refractivity contribution >= 4 is 17.8 Å². The summed E-state index contributed by atoms with van der Waals surface area (Å²) in [6.45, 7) is -0.0254. The first kappa shape index (κ1) is 15.2. The molecule has 0 radical (unpaired) electrons. The van der Waals surface area contributed by atoms with Crippen molar-refractivity contribution in [3.8, 4) is 11.4 Å². The first-order valence-corrected chi connectivity index (χ1v) is 7.09. The fourth-order valence-corrected chi connectivity index (χ4v) is 2.05. The lowest BCUT2D eigenvalue weighted by Crippen LogP contribution is -1.91. The maximum absolute atomic E-state index is 13.4. The zero-order valence-electron chi connectivity index (χ0n) is 11.8. The lowest BCUT2D eigenvalue weighted by molar-refractivity contribution is 0.107. The van der Waals surface area contributed by atoms with Gasteiger partial charge in [-0.25, -0.2) is 4.39 Å². The molecule has 5 nitrogen and oxygen atoms in total. The minimum Gasteiger partial charge on any atom is -0.386 e. The van der Waals surface area contributed by atoms with Crippen LogP contribution in [0.5, 0.6) is 0 Å². The molecule has 7 heteroatoms. The fraction of sp³-hybridized carbons (Fsp3) is 0.0625. The third-order valence-corrected chi connectivity index (χ3v) is 3.27. The molecule has 0 saturated heterocycles. The predicted molar refractivity (Wildman–Crippen MR) is 83.5 cm³/mol. The first-order chi connectivity index (χ1) is 11.2. The number of hydrogen-bond acceptors (Lipinski definition) is 5. The number of halogens is 2. The largest absolute Gasteiger partial charge is 0.386 e. The fourth-order valence-electron chi connectivity index (χ4n) is 1.83. The molecule has 3 aromatic rings. The van der Waals surface area contributed by atoms with Gasteiger partial charge >= 0.3 is 0 Å². The van der Waals surface area contributed by atoms with Crippen molar-refractivity contribution in [2.24, 2.45) is 5.16 Å². The van der Waals surface area contributed by atoms with Gasteiger partial charge in [0, 0.05) is 11.1 Å². The Kier molecular flexibility index (Phi) is 4.63. The molecule has 0 bridgehead atoms. The Bertz CT molecular complexity index is 835. The molecule has 0 saturated carbocycles. The van der Waals surface area contributed by atoms with Crippen LogP contribution in [0.15, 0.2) is 58.2 Å². The highest BCUT2D eigenvalue weighted by atomic mass is 35.5. The number of oxime groups is 1. The van der Waals surface area contributed by atoms with Crippen LogP contribution in [-0.2, 0) is 11.4 Å². The van der Waals surface area contributed by atoms with Gasteiger partial charge in [-0.3, -0.25) is 0 Å². The van der Waals surface area contributed by atoms with Gasteiger partial charge in [0.1, 0.15) is 5.82 Å². The SMILES string of the molecule is Fc1ccccc1/C=N\OCc1nc(-c2ccccc2Cl)no1. The monoisotopic (exact) mass is 331 g/mol. The minimum absolute atomic E-state index is 0.0254. The van der Waals surface area contributed by atoms with E-state index in [4.69, 9.17) is 21.0 Å². The van der Waals surface area contributed by atoms with Gasteiger partial charge in [0.15, 0.2) is 6.61 Å². The molecular formula is C16H11ClFN3O2. The average Bonchev–Trinajstić information content (AvgIpc) is 3.02. The van der Waals surface area contributed by atoms with Gasteiger partial charge in [0.2, 0.25) is 5.82 Å². The Labute approximate surface area is 136 Å². The average molecular weight is 332 g/mol. The second-order valence-electron chi connectivity index (χ2n) is 4.52. The quantitative estimate of drug-likeness (QED) is 0.522. The molecule has 0 aliphatic heterocycles. The Morgan fingerprint density at radius 1 is 1.17 bits per heavy atom. The molecule has 1 aromatic heterocycles. The zero-order valence-corrected chi connectivity index (χ0v) is 12.6. The number of aromatic nitrogens is 2. The second kappa shape index (κ2) is 7.02. The third kappa shape index (κ3) is 3.73. The van der Waals surface area contributed by atoms with Crippen LogP contribution in [0.1, 0.15) is 11.5 Å². The molecule has 116 valence electrons. The Morgan fingerprint density at radius 2 is 1.96 bits per heavy atom. The van der Waals surface area contributed by atoms with Crippen molar-refractivity contribution in [3.63, 3.8) is 0 Å². The third-order valence-electron chi connectivity index (χ3n) is 2.94. The molecule has 0 amide bonds. The van der Waals surface area contributed by atoms with Crippen molar-refractivity contribution in [1.82, 2.24) is 10.1 Å². The smallest absolute Gasteiger partial charge is 0.267 e. The summed E-state index contributed by atoms with van der Waals surface area (Å²) in [5, 5.41) is 8.04. The van der Waals surface area contributed by atoms with E-state index in [0.717, 1.165) is 0 Å². The van der Waals surface area contributed by atoms with Crippen molar-refractivity contribution in [2.45, 2.75) is 6.61 Å². The van der Waals surface area contributed by atoms with E-state index in [1.165, 1.54) is 12.3 Å². The number of nitrogens with zero attached hydrogens (tertiary/aromatic N) is 3. The van der Waals surface area contributed by atoms with E-state index in [9.17, 15) is 4.39 Å². The number of hydrogen-bond donors (Lipinski definition) is 0. The highest BCUT2D eigenvalue weighted by molar-refractivity contribution is 6.33. The number of rotatable bonds is 5. The Hall–Kier alpha value is -2.73. The Balaban J connectivity index is 1.62. The van der Waals surface area contributed by atoms with Gasteiger partial charge in [-0.15, -0.1) is 0 Å². The van der Waals surface area contributed by atoms with Gasteiger partial charge in [0.25, 0.3) is 5.89 Å². The van der Waals surface area contributed by atoms with E-state index in [1.807, 2.05) is 12.1 Å². The van der Waals surface area contributed by atoms with Crippen LogP contribution in [0.25, 0.3) is 11.4 Å². The molecule has 0 N–H and O–H groups in total. The van der Waals surface area contributed by atoms with Gasteiger partial charge in [-0.1, -0.05) is 52.2 Å². The molecule has 3 rings (SSSR count). The summed E-state index contributed by atoms with van der Waals surface area (Å²) in [5.41, 5.74) is 0.994. The van der Waals surface area contributed by atoms with E-state index in [1.54, 1.807) is 30.3 Å². The summed E-state index contributed by atoms with van der Waals surface area (Å²) in [7, 11) is 0. The summed E-state index contributed by atoms with van der Waals surface area (Å²) in [6.07, 6.45) is 1.28. The molecule has 0 spiro atoms. The first-order valence-electron chi connectivity index (χ1n) is 6.71. The maximum Gasteiger partial charge on any atom is 0.267 e. The molecule has 0 atom stereocenters. The molecule has 2 aromatic carbocycles. The van der Waals surface area contributed by atoms with Gasteiger partial charge < -0.3 is 9.36 Å². The van der Waals surface area contributed by atoms with Crippen LogP contribution in [0, 0.1) is 5.82 Å². The second-order valence-corrected chi connectivity index (χ2v) is 4.93. The summed E-state index contributed by atoms with van der Waals surface area (Å²) in [5.74, 6) is 0.233. The summed E-state index contributed by atoms with van der Waals surface area (Å²) in [4.78, 5) is 9.20. The molecule has 23 heavy (non-hydrogen) atoms. The highest BCUT2D eigenvalue weighted by Crippen LogP contribution is 2.24. The summed E-state index contributed by atoms with van der Waals surface area (Å²) >= 11 is 6.07. The van der Waals surface area contributed by atoms with Crippen molar-refractivity contribution in [1.29, 1.82) is 0 Å². The van der Waals surface area contributed by atoms with E-state index in [2.05, 4.69) is 15.3 Å². The van der Waals surface area contributed by atoms with Gasteiger partial charge in [0.05, 0.1) is 11.2 Å². The highest BCUT2D eigenvalue weighted by Gasteiger charge is 2.11. The predicted octanol–water partition coefficient (Wildman–Crippen LogP) is 4.08. The van der Waals surface area contributed by atoms with Crippen molar-refractivity contribution in [3.05, 3.63) is 70.8 Å². The van der Waals surface area contributed by atoms with Gasteiger partial charge in [-0.2, -0.15) is 4.98 Å². The molecular weight excluding hydrogens is 321 g/mol. The molecule has 0 aliphatic rings. The Morgan fingerprint density at radius 3 is 2.78 bits per heavy atom. The van der Waals surface area contributed by atoms with Crippen molar-refractivity contribution in [2.75, 3.05) is 0 Å². The van der Waals surface area contributed by atoms with E-state index < -0.39 is 0 Å². The maximum atomic E-state index is 13.4. The molecule has 0 unspecified atom stereocenters. The lowest BCUT2D eigenvalue weighted by atomic mass is 10.2. The van der Waals surface area contributed by atoms with E-state index >= 15 is 0 Å². The van der Waals surface area contributed by atoms with Crippen LogP contribution < -0.4 is 0 Å².